The molecule has 1 amide bonds. The SMILES string of the molecule is COC(=O)[C@@H]1C[C@H](N[C@H](CO)Cc2ccccc2)CN1C(=O)C(c1ccccc1)c1ccccc1. The van der Waals surface area contributed by atoms with E-state index in [-0.39, 0.29) is 24.6 Å². The van der Waals surface area contributed by atoms with E-state index in [0.717, 1.165) is 16.7 Å². The number of rotatable bonds is 9. The van der Waals surface area contributed by atoms with E-state index in [0.29, 0.717) is 19.4 Å². The van der Waals surface area contributed by atoms with Gasteiger partial charge in [-0.15, -0.1) is 0 Å². The van der Waals surface area contributed by atoms with Gasteiger partial charge in [-0.3, -0.25) is 4.79 Å². The van der Waals surface area contributed by atoms with Gasteiger partial charge in [-0.2, -0.15) is 0 Å². The summed E-state index contributed by atoms with van der Waals surface area (Å²) >= 11 is 0. The maximum absolute atomic E-state index is 14.0. The number of methoxy groups -OCH3 is 1. The monoisotopic (exact) mass is 472 g/mol. The van der Waals surface area contributed by atoms with Crippen LogP contribution in [0.15, 0.2) is 91.0 Å². The Kier molecular flexibility index (Phi) is 8.29. The van der Waals surface area contributed by atoms with Crippen LogP contribution in [0.5, 0.6) is 0 Å². The van der Waals surface area contributed by atoms with Gasteiger partial charge in [0, 0.05) is 18.6 Å². The first kappa shape index (κ1) is 24.6. The molecule has 0 saturated carbocycles. The molecule has 0 aromatic heterocycles. The molecule has 1 saturated heterocycles. The molecule has 4 rings (SSSR count). The number of hydrogen-bond donors (Lipinski definition) is 2. The van der Waals surface area contributed by atoms with Crippen LogP contribution in [0.1, 0.15) is 29.0 Å². The third-order valence-electron chi connectivity index (χ3n) is 6.59. The number of nitrogens with zero attached hydrogens (tertiary/aromatic N) is 1. The van der Waals surface area contributed by atoms with E-state index in [1.807, 2.05) is 91.0 Å². The summed E-state index contributed by atoms with van der Waals surface area (Å²) in [5, 5.41) is 13.5. The first-order valence-corrected chi connectivity index (χ1v) is 12.0. The molecular formula is C29H32N2O4. The summed E-state index contributed by atoms with van der Waals surface area (Å²) in [6, 6.07) is 28.2. The number of ether oxygens (including phenoxy) is 1. The van der Waals surface area contributed by atoms with E-state index in [1.54, 1.807) is 4.90 Å². The van der Waals surface area contributed by atoms with Gasteiger partial charge in [0.05, 0.1) is 19.6 Å². The maximum atomic E-state index is 14.0. The molecule has 1 aliphatic rings. The number of carbonyl (C=O) groups excluding carboxylic acids is 2. The summed E-state index contributed by atoms with van der Waals surface area (Å²) in [5.74, 6) is -1.09. The number of carbonyl (C=O) groups is 2. The Morgan fingerprint density at radius 3 is 2.00 bits per heavy atom. The molecule has 6 nitrogen and oxygen atoms in total. The molecule has 0 bridgehead atoms. The standard InChI is InChI=1S/C29H32N2O4/c1-35-29(34)26-18-24(30-25(20-32)17-21-11-5-2-6-12-21)19-31(26)28(33)27(22-13-7-3-8-14-22)23-15-9-4-10-16-23/h2-16,24-27,30,32H,17-20H2,1H3/t24-,25-,26-/m0/s1. The van der Waals surface area contributed by atoms with Crippen LogP contribution in [0.25, 0.3) is 0 Å². The van der Waals surface area contributed by atoms with Crippen LogP contribution < -0.4 is 5.32 Å². The van der Waals surface area contributed by atoms with Gasteiger partial charge in [-0.25, -0.2) is 4.79 Å². The van der Waals surface area contributed by atoms with Gasteiger partial charge in [0.2, 0.25) is 5.91 Å². The second-order valence-corrected chi connectivity index (χ2v) is 8.95. The lowest BCUT2D eigenvalue weighted by Gasteiger charge is -2.28. The first-order valence-electron chi connectivity index (χ1n) is 12.0. The van der Waals surface area contributed by atoms with Gasteiger partial charge in [-0.1, -0.05) is 91.0 Å². The second kappa shape index (κ2) is 11.8. The van der Waals surface area contributed by atoms with Gasteiger partial charge in [0.1, 0.15) is 6.04 Å². The number of esters is 1. The molecule has 6 heteroatoms. The molecule has 1 fully saturated rings. The summed E-state index contributed by atoms with van der Waals surface area (Å²) in [4.78, 5) is 28.4. The zero-order valence-corrected chi connectivity index (χ0v) is 19.9. The van der Waals surface area contributed by atoms with Crippen molar-refractivity contribution in [1.82, 2.24) is 10.2 Å². The lowest BCUT2D eigenvalue weighted by molar-refractivity contribution is -0.151. The van der Waals surface area contributed by atoms with Crippen molar-refractivity contribution in [2.75, 3.05) is 20.3 Å². The zero-order chi connectivity index (χ0) is 24.6. The van der Waals surface area contributed by atoms with Crippen LogP contribution in [0.3, 0.4) is 0 Å². The second-order valence-electron chi connectivity index (χ2n) is 8.95. The molecule has 1 aliphatic heterocycles. The number of aliphatic hydroxyl groups excluding tert-OH is 1. The molecule has 0 spiro atoms. The van der Waals surface area contributed by atoms with Gasteiger partial charge in [-0.05, 0) is 29.5 Å². The molecule has 1 heterocycles. The van der Waals surface area contributed by atoms with E-state index in [2.05, 4.69) is 5.32 Å². The summed E-state index contributed by atoms with van der Waals surface area (Å²) in [6.07, 6.45) is 1.08. The number of hydrogen-bond acceptors (Lipinski definition) is 5. The van der Waals surface area contributed by atoms with E-state index >= 15 is 0 Å². The molecular weight excluding hydrogens is 440 g/mol. The minimum atomic E-state index is -0.684. The van der Waals surface area contributed by atoms with Crippen LogP contribution in [-0.4, -0.2) is 60.3 Å². The summed E-state index contributed by atoms with van der Waals surface area (Å²) in [6.45, 7) is 0.318. The van der Waals surface area contributed by atoms with Crippen molar-refractivity contribution in [3.8, 4) is 0 Å². The van der Waals surface area contributed by atoms with E-state index in [9.17, 15) is 14.7 Å². The largest absolute Gasteiger partial charge is 0.467 e. The Bertz CT molecular complexity index is 1050. The third kappa shape index (κ3) is 5.96. The molecule has 182 valence electrons. The fourth-order valence-corrected chi connectivity index (χ4v) is 4.90. The predicted molar refractivity (Wildman–Crippen MR) is 135 cm³/mol. The highest BCUT2D eigenvalue weighted by Gasteiger charge is 2.43. The predicted octanol–water partition coefficient (Wildman–Crippen LogP) is 3.15. The zero-order valence-electron chi connectivity index (χ0n) is 19.9. The molecule has 0 aliphatic carbocycles. The van der Waals surface area contributed by atoms with Gasteiger partial charge < -0.3 is 20.1 Å². The van der Waals surface area contributed by atoms with E-state index in [1.165, 1.54) is 7.11 Å². The number of nitrogens with one attached hydrogen (secondary N) is 1. The summed E-state index contributed by atoms with van der Waals surface area (Å²) in [7, 11) is 1.35. The molecule has 3 atom stereocenters. The van der Waals surface area contributed by atoms with Crippen molar-refractivity contribution in [3.63, 3.8) is 0 Å². The summed E-state index contributed by atoms with van der Waals surface area (Å²) in [5.41, 5.74) is 2.87. The fourth-order valence-electron chi connectivity index (χ4n) is 4.90. The average Bonchev–Trinajstić information content (AvgIpc) is 3.33. The maximum Gasteiger partial charge on any atom is 0.328 e. The van der Waals surface area contributed by atoms with Crippen molar-refractivity contribution in [2.24, 2.45) is 0 Å². The Morgan fingerprint density at radius 1 is 0.943 bits per heavy atom. The minimum Gasteiger partial charge on any atom is -0.467 e. The van der Waals surface area contributed by atoms with Crippen molar-refractivity contribution in [2.45, 2.75) is 36.9 Å². The molecule has 35 heavy (non-hydrogen) atoms. The van der Waals surface area contributed by atoms with Gasteiger partial charge in [0.15, 0.2) is 0 Å². The number of amides is 1. The quantitative estimate of drug-likeness (QED) is 0.468. The lowest BCUT2D eigenvalue weighted by Crippen LogP contribution is -2.45. The number of benzene rings is 3. The Morgan fingerprint density at radius 2 is 1.49 bits per heavy atom. The topological polar surface area (TPSA) is 78.9 Å². The van der Waals surface area contributed by atoms with Crippen LogP contribution in [0.4, 0.5) is 0 Å². The number of likely N-dealkylation sites (tertiary alicyclic amines) is 1. The van der Waals surface area contributed by atoms with Crippen LogP contribution in [0, 0.1) is 0 Å². The molecule has 0 radical (unpaired) electrons. The Hall–Kier alpha value is -3.48. The van der Waals surface area contributed by atoms with E-state index in [4.69, 9.17) is 4.74 Å². The molecule has 3 aromatic carbocycles. The van der Waals surface area contributed by atoms with E-state index < -0.39 is 17.9 Å². The fraction of sp³-hybridized carbons (Fsp3) is 0.310. The van der Waals surface area contributed by atoms with Crippen LogP contribution in [0.2, 0.25) is 0 Å². The van der Waals surface area contributed by atoms with Crippen LogP contribution in [-0.2, 0) is 20.7 Å². The molecule has 2 N–H and O–H groups in total. The highest BCUT2D eigenvalue weighted by molar-refractivity contribution is 5.91. The highest BCUT2D eigenvalue weighted by atomic mass is 16.5. The lowest BCUT2D eigenvalue weighted by atomic mass is 9.90. The van der Waals surface area contributed by atoms with Crippen molar-refractivity contribution in [1.29, 1.82) is 0 Å². The third-order valence-corrected chi connectivity index (χ3v) is 6.59. The van der Waals surface area contributed by atoms with Crippen molar-refractivity contribution >= 4 is 11.9 Å². The summed E-state index contributed by atoms with van der Waals surface area (Å²) < 4.78 is 5.07. The molecule has 0 unspecified atom stereocenters. The van der Waals surface area contributed by atoms with Gasteiger partial charge >= 0.3 is 5.97 Å². The van der Waals surface area contributed by atoms with Crippen LogP contribution >= 0.6 is 0 Å². The molecule has 3 aromatic rings. The number of aliphatic hydroxyl groups is 1. The Balaban J connectivity index is 1.57. The average molecular weight is 473 g/mol. The smallest absolute Gasteiger partial charge is 0.328 e. The van der Waals surface area contributed by atoms with Gasteiger partial charge in [0.25, 0.3) is 0 Å². The minimum absolute atomic E-state index is 0.0428. The highest BCUT2D eigenvalue weighted by Crippen LogP contribution is 2.31. The Labute approximate surface area is 206 Å². The normalized spacial score (nSPS) is 18.4. The first-order chi connectivity index (χ1) is 17.1. The van der Waals surface area contributed by atoms with Crippen molar-refractivity contribution in [3.05, 3.63) is 108 Å². The van der Waals surface area contributed by atoms with Crippen molar-refractivity contribution < 1.29 is 19.4 Å².